The van der Waals surface area contributed by atoms with Gasteiger partial charge in [-0.3, -0.25) is 4.90 Å². The van der Waals surface area contributed by atoms with Gasteiger partial charge in [-0.1, -0.05) is 0 Å². The minimum Gasteiger partial charge on any atom is -0.314 e. The zero-order valence-corrected chi connectivity index (χ0v) is 13.1. The highest BCUT2D eigenvalue weighted by Gasteiger charge is 2.46. The standard InChI is InChI=1S/C16H17F7N2/c17-12-8-10(15(18,19)20)7-11(16(21,22)23)13(12)14(9-1-2-9)25-5-3-24-4-6-25/h7-9,14,24H,1-6H2/t14-/m1/s1. The van der Waals surface area contributed by atoms with Gasteiger partial charge in [-0.05, 0) is 30.9 Å². The Morgan fingerprint density at radius 1 is 0.960 bits per heavy atom. The summed E-state index contributed by atoms with van der Waals surface area (Å²) in [5.41, 5.74) is -3.78. The molecular weight excluding hydrogens is 353 g/mol. The van der Waals surface area contributed by atoms with Gasteiger partial charge in [0.2, 0.25) is 0 Å². The molecule has 1 aliphatic carbocycles. The van der Waals surface area contributed by atoms with Gasteiger partial charge in [-0.15, -0.1) is 0 Å². The van der Waals surface area contributed by atoms with Crippen molar-refractivity contribution < 1.29 is 30.7 Å². The number of nitrogens with zero attached hydrogens (tertiary/aromatic N) is 1. The lowest BCUT2D eigenvalue weighted by atomic mass is 9.92. The Balaban J connectivity index is 2.12. The quantitative estimate of drug-likeness (QED) is 0.802. The Hall–Kier alpha value is -1.35. The maximum Gasteiger partial charge on any atom is 0.416 e. The number of nitrogens with one attached hydrogen (secondary N) is 1. The van der Waals surface area contributed by atoms with E-state index in [1.54, 1.807) is 4.90 Å². The fraction of sp³-hybridized carbons (Fsp3) is 0.625. The lowest BCUT2D eigenvalue weighted by Gasteiger charge is -2.37. The fourth-order valence-electron chi connectivity index (χ4n) is 3.41. The average molecular weight is 370 g/mol. The van der Waals surface area contributed by atoms with Gasteiger partial charge >= 0.3 is 12.4 Å². The van der Waals surface area contributed by atoms with E-state index in [4.69, 9.17) is 0 Å². The predicted octanol–water partition coefficient (Wildman–Crippen LogP) is 4.22. The summed E-state index contributed by atoms with van der Waals surface area (Å²) in [7, 11) is 0. The van der Waals surface area contributed by atoms with Crippen LogP contribution in [-0.4, -0.2) is 31.1 Å². The summed E-state index contributed by atoms with van der Waals surface area (Å²) in [6.45, 7) is 1.96. The largest absolute Gasteiger partial charge is 0.416 e. The normalized spacial score (nSPS) is 21.4. The number of hydrogen-bond donors (Lipinski definition) is 1. The van der Waals surface area contributed by atoms with Crippen LogP contribution in [0.5, 0.6) is 0 Å². The van der Waals surface area contributed by atoms with Crippen LogP contribution in [0.3, 0.4) is 0 Å². The van der Waals surface area contributed by atoms with E-state index in [1.807, 2.05) is 0 Å². The lowest BCUT2D eigenvalue weighted by molar-refractivity contribution is -0.144. The van der Waals surface area contributed by atoms with Crippen LogP contribution < -0.4 is 5.32 Å². The number of piperazine rings is 1. The molecule has 0 aromatic heterocycles. The zero-order valence-electron chi connectivity index (χ0n) is 13.1. The van der Waals surface area contributed by atoms with Gasteiger partial charge < -0.3 is 5.32 Å². The fourth-order valence-corrected chi connectivity index (χ4v) is 3.41. The van der Waals surface area contributed by atoms with Crippen LogP contribution in [0, 0.1) is 11.7 Å². The van der Waals surface area contributed by atoms with E-state index in [2.05, 4.69) is 5.32 Å². The minimum atomic E-state index is -5.06. The van der Waals surface area contributed by atoms with Gasteiger partial charge in [-0.25, -0.2) is 4.39 Å². The van der Waals surface area contributed by atoms with E-state index < -0.39 is 40.9 Å². The highest BCUT2D eigenvalue weighted by Crippen LogP contribution is 2.49. The summed E-state index contributed by atoms with van der Waals surface area (Å²) >= 11 is 0. The molecule has 2 aliphatic rings. The highest BCUT2D eigenvalue weighted by molar-refractivity contribution is 5.40. The minimum absolute atomic E-state index is 0.0377. The van der Waals surface area contributed by atoms with Gasteiger partial charge in [0.25, 0.3) is 0 Å². The molecule has 25 heavy (non-hydrogen) atoms. The first kappa shape index (κ1) is 18.4. The molecule has 1 aliphatic heterocycles. The van der Waals surface area contributed by atoms with Crippen molar-refractivity contribution in [3.8, 4) is 0 Å². The maximum absolute atomic E-state index is 14.5. The molecule has 0 amide bonds. The van der Waals surface area contributed by atoms with Crippen molar-refractivity contribution in [2.75, 3.05) is 26.2 Å². The van der Waals surface area contributed by atoms with Crippen molar-refractivity contribution in [3.05, 3.63) is 34.6 Å². The molecule has 2 fully saturated rings. The Bertz CT molecular complexity index is 629. The van der Waals surface area contributed by atoms with Gasteiger partial charge in [0.1, 0.15) is 5.82 Å². The van der Waals surface area contributed by atoms with Crippen molar-refractivity contribution in [3.63, 3.8) is 0 Å². The van der Waals surface area contributed by atoms with Gasteiger partial charge in [-0.2, -0.15) is 26.3 Å². The number of rotatable bonds is 3. The van der Waals surface area contributed by atoms with Crippen molar-refractivity contribution in [1.82, 2.24) is 10.2 Å². The topological polar surface area (TPSA) is 15.3 Å². The summed E-state index contributed by atoms with van der Waals surface area (Å²) in [5, 5.41) is 3.06. The number of halogens is 7. The average Bonchev–Trinajstić information content (AvgIpc) is 3.32. The highest BCUT2D eigenvalue weighted by atomic mass is 19.4. The molecule has 2 nitrogen and oxygen atoms in total. The molecule has 140 valence electrons. The van der Waals surface area contributed by atoms with Gasteiger partial charge in [0, 0.05) is 37.8 Å². The van der Waals surface area contributed by atoms with Crippen LogP contribution in [0.25, 0.3) is 0 Å². The zero-order chi connectivity index (χ0) is 18.4. The Labute approximate surface area is 140 Å². The van der Waals surface area contributed by atoms with Crippen LogP contribution in [0.4, 0.5) is 30.7 Å². The summed E-state index contributed by atoms with van der Waals surface area (Å²) in [5.74, 6) is -1.59. The van der Waals surface area contributed by atoms with E-state index in [1.165, 1.54) is 0 Å². The first-order valence-corrected chi connectivity index (χ1v) is 8.01. The number of benzene rings is 1. The lowest BCUT2D eigenvalue weighted by Crippen LogP contribution is -2.46. The van der Waals surface area contributed by atoms with Crippen LogP contribution in [0.2, 0.25) is 0 Å². The number of alkyl halides is 6. The Kier molecular flexibility index (Phi) is 4.74. The van der Waals surface area contributed by atoms with Crippen molar-refractivity contribution in [1.29, 1.82) is 0 Å². The third kappa shape index (κ3) is 3.92. The molecule has 0 radical (unpaired) electrons. The van der Waals surface area contributed by atoms with Gasteiger partial charge in [0.15, 0.2) is 0 Å². The van der Waals surface area contributed by atoms with Crippen molar-refractivity contribution in [2.24, 2.45) is 5.92 Å². The molecule has 0 unspecified atom stereocenters. The van der Waals surface area contributed by atoms with E-state index in [9.17, 15) is 30.7 Å². The third-order valence-electron chi connectivity index (χ3n) is 4.67. The van der Waals surface area contributed by atoms with E-state index in [-0.39, 0.29) is 18.1 Å². The third-order valence-corrected chi connectivity index (χ3v) is 4.67. The molecule has 1 saturated heterocycles. The molecule has 1 atom stereocenters. The molecule has 1 aromatic carbocycles. The van der Waals surface area contributed by atoms with Crippen molar-refractivity contribution in [2.45, 2.75) is 31.2 Å². The Morgan fingerprint density at radius 2 is 1.56 bits per heavy atom. The molecule has 1 aromatic rings. The Morgan fingerprint density at radius 3 is 2.04 bits per heavy atom. The second-order valence-corrected chi connectivity index (χ2v) is 6.48. The summed E-state index contributed by atoms with van der Waals surface area (Å²) in [4.78, 5) is 1.75. The van der Waals surface area contributed by atoms with Crippen LogP contribution in [-0.2, 0) is 12.4 Å². The molecule has 0 spiro atoms. The first-order valence-electron chi connectivity index (χ1n) is 8.01. The van der Waals surface area contributed by atoms with Crippen LogP contribution >= 0.6 is 0 Å². The van der Waals surface area contributed by atoms with E-state index >= 15 is 0 Å². The smallest absolute Gasteiger partial charge is 0.314 e. The van der Waals surface area contributed by atoms with E-state index in [0.717, 1.165) is 0 Å². The second kappa shape index (κ2) is 6.42. The summed E-state index contributed by atoms with van der Waals surface area (Å²) < 4.78 is 93.4. The predicted molar refractivity (Wildman–Crippen MR) is 76.3 cm³/mol. The van der Waals surface area contributed by atoms with Crippen LogP contribution in [0.15, 0.2) is 12.1 Å². The van der Waals surface area contributed by atoms with Gasteiger partial charge in [0.05, 0.1) is 11.1 Å². The number of hydrogen-bond acceptors (Lipinski definition) is 2. The molecule has 9 heteroatoms. The molecule has 3 rings (SSSR count). The summed E-state index contributed by atoms with van der Waals surface area (Å²) in [6.07, 6.45) is -8.80. The van der Waals surface area contributed by atoms with E-state index in [0.29, 0.717) is 39.0 Å². The maximum atomic E-state index is 14.5. The van der Waals surface area contributed by atoms with Crippen molar-refractivity contribution >= 4 is 0 Å². The molecule has 1 heterocycles. The molecule has 0 bridgehead atoms. The molecular formula is C16H17F7N2. The summed E-state index contributed by atoms with van der Waals surface area (Å²) in [6, 6.07) is -0.626. The molecule has 1 saturated carbocycles. The molecule has 1 N–H and O–H groups in total. The monoisotopic (exact) mass is 370 g/mol. The SMILES string of the molecule is Fc1cc(C(F)(F)F)cc(C(F)(F)F)c1[C@@H](C1CC1)N1CCNCC1. The first-order chi connectivity index (χ1) is 11.6. The second-order valence-electron chi connectivity index (χ2n) is 6.48. The van der Waals surface area contributed by atoms with Crippen LogP contribution in [0.1, 0.15) is 35.6 Å².